The van der Waals surface area contributed by atoms with Crippen LogP contribution in [0.4, 0.5) is 45.2 Å². The van der Waals surface area contributed by atoms with Crippen LogP contribution in [0, 0.1) is 12.7 Å². The van der Waals surface area contributed by atoms with Gasteiger partial charge in [-0.1, -0.05) is 60.2 Å². The third kappa shape index (κ3) is 6.45. The minimum absolute atomic E-state index is 0.204. The maximum absolute atomic E-state index is 13.4. The summed E-state index contributed by atoms with van der Waals surface area (Å²) < 4.78 is 13.4. The van der Waals surface area contributed by atoms with Crippen molar-refractivity contribution in [1.29, 1.82) is 0 Å². The predicted molar refractivity (Wildman–Crippen MR) is 165 cm³/mol. The number of hydrogen-bond donors (Lipinski definition) is 4. The SMILES string of the molecule is Cc1ccc(-c2cc(-c3ccc(Nc4nc(Nc5ccccc5)nc(Nc5ccc(F)cc5)n4)cc3)nc(N)n2)cc1. The molecule has 0 fully saturated rings. The van der Waals surface area contributed by atoms with Gasteiger partial charge < -0.3 is 21.7 Å². The van der Waals surface area contributed by atoms with Gasteiger partial charge >= 0.3 is 0 Å². The van der Waals surface area contributed by atoms with E-state index in [0.29, 0.717) is 23.3 Å². The molecule has 6 aromatic rings. The third-order valence-corrected chi connectivity index (χ3v) is 6.29. The van der Waals surface area contributed by atoms with E-state index in [1.807, 2.05) is 91.9 Å². The summed E-state index contributed by atoms with van der Waals surface area (Å²) in [6.07, 6.45) is 0. The summed E-state index contributed by atoms with van der Waals surface area (Å²) in [5.74, 6) is 0.808. The number of anilines is 7. The summed E-state index contributed by atoms with van der Waals surface area (Å²) in [4.78, 5) is 22.4. The Morgan fingerprint density at radius 3 is 1.45 bits per heavy atom. The van der Waals surface area contributed by atoms with Crippen LogP contribution >= 0.6 is 0 Å². The molecule has 0 radical (unpaired) electrons. The third-order valence-electron chi connectivity index (χ3n) is 6.29. The first-order valence-electron chi connectivity index (χ1n) is 13.2. The number of halogens is 1. The summed E-state index contributed by atoms with van der Waals surface area (Å²) in [6, 6.07) is 33.2. The summed E-state index contributed by atoms with van der Waals surface area (Å²) >= 11 is 0. The van der Waals surface area contributed by atoms with Crippen molar-refractivity contribution in [3.63, 3.8) is 0 Å². The zero-order valence-corrected chi connectivity index (χ0v) is 22.6. The van der Waals surface area contributed by atoms with Crippen LogP contribution in [0.5, 0.6) is 0 Å². The molecule has 0 atom stereocenters. The van der Waals surface area contributed by atoms with E-state index in [2.05, 4.69) is 40.9 Å². The van der Waals surface area contributed by atoms with E-state index < -0.39 is 0 Å². The molecule has 2 heterocycles. The predicted octanol–water partition coefficient (Wildman–Crippen LogP) is 7.26. The van der Waals surface area contributed by atoms with Gasteiger partial charge in [-0.2, -0.15) is 15.0 Å². The molecule has 9 nitrogen and oxygen atoms in total. The van der Waals surface area contributed by atoms with Gasteiger partial charge in [0.05, 0.1) is 11.4 Å². The van der Waals surface area contributed by atoms with Gasteiger partial charge in [-0.15, -0.1) is 0 Å². The normalized spacial score (nSPS) is 10.7. The molecule has 10 heteroatoms. The number of nitrogens with one attached hydrogen (secondary N) is 3. The quantitative estimate of drug-likeness (QED) is 0.153. The lowest BCUT2D eigenvalue weighted by atomic mass is 10.1. The van der Waals surface area contributed by atoms with E-state index in [1.165, 1.54) is 17.7 Å². The highest BCUT2D eigenvalue weighted by Gasteiger charge is 2.11. The molecular weight excluding hydrogens is 529 g/mol. The second-order valence-corrected chi connectivity index (χ2v) is 9.49. The Hall–Kier alpha value is -5.90. The van der Waals surface area contributed by atoms with Crippen LogP contribution in [0.3, 0.4) is 0 Å². The Kier molecular flexibility index (Phi) is 7.33. The van der Waals surface area contributed by atoms with Crippen LogP contribution in [0.2, 0.25) is 0 Å². The van der Waals surface area contributed by atoms with Crippen molar-refractivity contribution >= 4 is 40.9 Å². The molecule has 0 saturated heterocycles. The lowest BCUT2D eigenvalue weighted by Crippen LogP contribution is -2.07. The van der Waals surface area contributed by atoms with Crippen molar-refractivity contribution in [1.82, 2.24) is 24.9 Å². The first-order valence-corrected chi connectivity index (χ1v) is 13.2. The van der Waals surface area contributed by atoms with E-state index in [9.17, 15) is 4.39 Å². The largest absolute Gasteiger partial charge is 0.368 e. The maximum atomic E-state index is 13.4. The first kappa shape index (κ1) is 26.3. The Morgan fingerprint density at radius 2 is 0.952 bits per heavy atom. The molecule has 0 amide bonds. The summed E-state index contributed by atoms with van der Waals surface area (Å²) in [6.45, 7) is 2.04. The van der Waals surface area contributed by atoms with Crippen LogP contribution in [0.1, 0.15) is 5.56 Å². The monoisotopic (exact) mass is 555 g/mol. The van der Waals surface area contributed by atoms with Crippen LogP contribution < -0.4 is 21.7 Å². The van der Waals surface area contributed by atoms with E-state index in [-0.39, 0.29) is 17.7 Å². The smallest absolute Gasteiger partial charge is 0.233 e. The topological polar surface area (TPSA) is 127 Å². The number of hydrogen-bond acceptors (Lipinski definition) is 9. The lowest BCUT2D eigenvalue weighted by molar-refractivity contribution is 0.628. The number of aryl methyl sites for hydroxylation is 1. The number of aromatic nitrogens is 5. The molecule has 5 N–H and O–H groups in total. The second-order valence-electron chi connectivity index (χ2n) is 9.49. The van der Waals surface area contributed by atoms with Crippen LogP contribution in [-0.2, 0) is 0 Å². The van der Waals surface area contributed by atoms with Gasteiger partial charge in [0, 0.05) is 28.2 Å². The number of nitrogens with zero attached hydrogens (tertiary/aromatic N) is 5. The lowest BCUT2D eigenvalue weighted by Gasteiger charge is -2.12. The molecule has 6 rings (SSSR count). The fraction of sp³-hybridized carbons (Fsp3) is 0.0312. The van der Waals surface area contributed by atoms with Gasteiger partial charge in [0.15, 0.2) is 0 Å². The summed E-state index contributed by atoms with van der Waals surface area (Å²) in [5, 5.41) is 9.54. The molecule has 2 aromatic heterocycles. The maximum Gasteiger partial charge on any atom is 0.233 e. The number of rotatable bonds is 8. The van der Waals surface area contributed by atoms with Gasteiger partial charge in [-0.05, 0) is 61.5 Å². The number of para-hydroxylation sites is 1. The average molecular weight is 556 g/mol. The van der Waals surface area contributed by atoms with Gasteiger partial charge in [0.25, 0.3) is 0 Å². The van der Waals surface area contributed by atoms with Gasteiger partial charge in [-0.3, -0.25) is 0 Å². The van der Waals surface area contributed by atoms with Crippen molar-refractivity contribution in [3.05, 3.63) is 121 Å². The minimum atomic E-state index is -0.329. The van der Waals surface area contributed by atoms with Crippen LogP contribution in [0.15, 0.2) is 109 Å². The molecule has 206 valence electrons. The molecule has 0 unspecified atom stereocenters. The van der Waals surface area contributed by atoms with Crippen molar-refractivity contribution in [3.8, 4) is 22.5 Å². The first-order chi connectivity index (χ1) is 20.5. The fourth-order valence-electron chi connectivity index (χ4n) is 4.20. The van der Waals surface area contributed by atoms with Crippen LogP contribution in [-0.4, -0.2) is 24.9 Å². The van der Waals surface area contributed by atoms with E-state index in [0.717, 1.165) is 28.2 Å². The number of nitrogen functional groups attached to an aromatic ring is 1. The Bertz CT molecular complexity index is 1810. The van der Waals surface area contributed by atoms with Crippen molar-refractivity contribution in [2.75, 3.05) is 21.7 Å². The Balaban J connectivity index is 1.26. The van der Waals surface area contributed by atoms with Gasteiger partial charge in [-0.25, -0.2) is 14.4 Å². The summed E-state index contributed by atoms with van der Waals surface area (Å²) in [7, 11) is 0. The van der Waals surface area contributed by atoms with E-state index >= 15 is 0 Å². The molecule has 4 aromatic carbocycles. The zero-order valence-electron chi connectivity index (χ0n) is 22.6. The second kappa shape index (κ2) is 11.7. The Morgan fingerprint density at radius 1 is 0.524 bits per heavy atom. The fourth-order valence-corrected chi connectivity index (χ4v) is 4.20. The number of benzene rings is 4. The molecular formula is C32H26FN9. The molecule has 0 spiro atoms. The van der Waals surface area contributed by atoms with Crippen molar-refractivity contribution < 1.29 is 4.39 Å². The van der Waals surface area contributed by atoms with Gasteiger partial charge in [0.1, 0.15) is 5.82 Å². The molecule has 0 aliphatic rings. The number of nitrogens with two attached hydrogens (primary N) is 1. The highest BCUT2D eigenvalue weighted by Crippen LogP contribution is 2.27. The highest BCUT2D eigenvalue weighted by molar-refractivity contribution is 5.71. The summed E-state index contributed by atoms with van der Waals surface area (Å²) in [5.41, 5.74) is 12.7. The van der Waals surface area contributed by atoms with Crippen molar-refractivity contribution in [2.45, 2.75) is 6.92 Å². The van der Waals surface area contributed by atoms with Gasteiger partial charge in [0.2, 0.25) is 23.8 Å². The Labute approximate surface area is 241 Å². The highest BCUT2D eigenvalue weighted by atomic mass is 19.1. The average Bonchev–Trinajstić information content (AvgIpc) is 2.99. The van der Waals surface area contributed by atoms with Crippen molar-refractivity contribution in [2.24, 2.45) is 0 Å². The van der Waals surface area contributed by atoms with Crippen LogP contribution in [0.25, 0.3) is 22.5 Å². The zero-order chi connectivity index (χ0) is 28.9. The molecule has 0 bridgehead atoms. The van der Waals surface area contributed by atoms with E-state index in [1.54, 1.807) is 12.1 Å². The molecule has 42 heavy (non-hydrogen) atoms. The van der Waals surface area contributed by atoms with E-state index in [4.69, 9.17) is 5.73 Å². The molecule has 0 aliphatic heterocycles. The minimum Gasteiger partial charge on any atom is -0.368 e. The molecule has 0 saturated carbocycles. The molecule has 0 aliphatic carbocycles. The standard InChI is InChI=1S/C32H26FN9/c1-20-7-9-21(10-8-20)27-19-28(39-29(34)38-27)22-11-15-25(16-12-22)36-31-40-30(35-24-5-3-2-4-6-24)41-32(42-31)37-26-17-13-23(33)14-18-26/h2-19H,1H3,(H2,34,38,39)(H3,35,36,37,40,41,42).